The van der Waals surface area contributed by atoms with E-state index in [2.05, 4.69) is 79.8 Å². The van der Waals surface area contributed by atoms with Gasteiger partial charge >= 0.3 is 24.9 Å². The van der Waals surface area contributed by atoms with E-state index in [-0.39, 0.29) is 88.4 Å². The Kier molecular flexibility index (Phi) is 26.4. The summed E-state index contributed by atoms with van der Waals surface area (Å²) in [6, 6.07) is 34.7. The van der Waals surface area contributed by atoms with Crippen LogP contribution in [0.2, 0.25) is 0 Å². The fourth-order valence-electron chi connectivity index (χ4n) is 9.03. The third-order valence-electron chi connectivity index (χ3n) is 14.7. The Bertz CT molecular complexity index is 4040. The highest BCUT2D eigenvalue weighted by atomic mass is 79.9. The average Bonchev–Trinajstić information content (AvgIpc) is 1.53. The molecule has 0 atom stereocenters. The topological polar surface area (TPSA) is 341 Å². The Morgan fingerprint density at radius 1 is 0.510 bits per heavy atom. The van der Waals surface area contributed by atoms with Gasteiger partial charge in [0, 0.05) is 80.5 Å². The number of carbonyl (C=O) groups excluding carboxylic acids is 4. The zero-order chi connectivity index (χ0) is 71.8. The molecule has 1 saturated heterocycles. The molecule has 1 aliphatic heterocycles. The fourth-order valence-corrected chi connectivity index (χ4v) is 9.36. The molecule has 0 radical (unpaired) electrons. The van der Waals surface area contributed by atoms with E-state index >= 15 is 0 Å². The SMILES string of the molecule is CC(C)NC(=O)c1cc(Br)cnc1N.Cc1cc(N)ccc1-c1cnc(N)c(C(=O)NC(C)C)c1.Cc1cc(N)ccc1B1OC(C)(C)C(C)(C)O1.Cc1cc(NC(=O)C(F)(F)c2ccccc2)ccc1-c1cnc(N)c(C(=O)NC(C)C)c1.O=C(O)C(F)(F)c1ccccc1. The van der Waals surface area contributed by atoms with E-state index in [1.165, 1.54) is 48.7 Å². The number of carboxylic acids is 1. The molecule has 5 aromatic carbocycles. The van der Waals surface area contributed by atoms with Crippen molar-refractivity contribution in [3.8, 4) is 22.3 Å². The van der Waals surface area contributed by atoms with Gasteiger partial charge in [0.05, 0.1) is 27.9 Å². The van der Waals surface area contributed by atoms with Gasteiger partial charge < -0.3 is 64.4 Å². The number of aryl methyl sites for hydroxylation is 3. The van der Waals surface area contributed by atoms with Crippen molar-refractivity contribution in [2.24, 2.45) is 0 Å². The number of amides is 4. The average molecular weight is 1390 g/mol. The molecule has 8 aromatic rings. The summed E-state index contributed by atoms with van der Waals surface area (Å²) in [5, 5.41) is 18.8. The highest BCUT2D eigenvalue weighted by molar-refractivity contribution is 9.10. The van der Waals surface area contributed by atoms with Crippen LogP contribution in [0.15, 0.2) is 157 Å². The smallest absolute Gasteiger partial charge is 0.477 e. The number of nitrogens with zero attached hydrogens (tertiary/aromatic N) is 3. The normalized spacial score (nSPS) is 12.9. The van der Waals surface area contributed by atoms with E-state index in [0.29, 0.717) is 27.9 Å². The summed E-state index contributed by atoms with van der Waals surface area (Å²) in [4.78, 5) is 70.5. The molecule has 3 aromatic heterocycles. The first-order valence-electron chi connectivity index (χ1n) is 30.2. The predicted molar refractivity (Wildman–Crippen MR) is 374 cm³/mol. The van der Waals surface area contributed by atoms with Gasteiger partial charge in [-0.3, -0.25) is 19.2 Å². The Hall–Kier alpha value is -9.92. The van der Waals surface area contributed by atoms with Crippen molar-refractivity contribution in [1.29, 1.82) is 0 Å². The first-order chi connectivity index (χ1) is 44.7. The molecule has 20 nitrogen and oxygen atoms in total. The second kappa shape index (κ2) is 33.0. The van der Waals surface area contributed by atoms with Crippen LogP contribution in [0, 0.1) is 20.8 Å². The molecule has 9 rings (SSSR count). The minimum atomic E-state index is -3.79. The molecule has 0 unspecified atom stereocenters. The van der Waals surface area contributed by atoms with Gasteiger partial charge in [0.2, 0.25) is 0 Å². The number of nitrogens with two attached hydrogens (primary N) is 5. The Labute approximate surface area is 565 Å². The lowest BCUT2D eigenvalue weighted by molar-refractivity contribution is -0.166. The van der Waals surface area contributed by atoms with Gasteiger partial charge in [-0.05, 0) is 194 Å². The highest BCUT2D eigenvalue weighted by Crippen LogP contribution is 2.37. The van der Waals surface area contributed by atoms with E-state index < -0.39 is 29.3 Å². The number of anilines is 6. The van der Waals surface area contributed by atoms with E-state index in [1.807, 2.05) is 91.8 Å². The first-order valence-corrected chi connectivity index (χ1v) is 31.0. The number of rotatable bonds is 14. The molecule has 0 aliphatic carbocycles. The molecule has 0 bridgehead atoms. The van der Waals surface area contributed by atoms with Crippen LogP contribution in [0.3, 0.4) is 0 Å². The summed E-state index contributed by atoms with van der Waals surface area (Å²) >= 11 is 3.23. The van der Waals surface area contributed by atoms with E-state index in [4.69, 9.17) is 43.1 Å². The second-order valence-corrected chi connectivity index (χ2v) is 25.1. The minimum Gasteiger partial charge on any atom is -0.477 e. The maximum Gasteiger partial charge on any atom is 0.495 e. The van der Waals surface area contributed by atoms with Gasteiger partial charge in [0.1, 0.15) is 17.5 Å². The zero-order valence-electron chi connectivity index (χ0n) is 55.7. The van der Waals surface area contributed by atoms with Crippen LogP contribution in [0.5, 0.6) is 0 Å². The summed E-state index contributed by atoms with van der Waals surface area (Å²) in [7, 11) is -0.305. The quantitative estimate of drug-likeness (QED) is 0.0275. The zero-order valence-corrected chi connectivity index (χ0v) is 57.3. The second-order valence-electron chi connectivity index (χ2n) is 24.2. The largest absolute Gasteiger partial charge is 0.495 e. The third kappa shape index (κ3) is 20.8. The van der Waals surface area contributed by atoms with Crippen LogP contribution in [0.4, 0.5) is 52.1 Å². The molecule has 4 heterocycles. The van der Waals surface area contributed by atoms with Gasteiger partial charge in [-0.1, -0.05) is 78.9 Å². The van der Waals surface area contributed by atoms with Crippen molar-refractivity contribution in [3.05, 3.63) is 201 Å². The van der Waals surface area contributed by atoms with Crippen molar-refractivity contribution in [2.45, 2.75) is 131 Å². The van der Waals surface area contributed by atoms with E-state index in [9.17, 15) is 41.5 Å². The van der Waals surface area contributed by atoms with Crippen molar-refractivity contribution in [2.75, 3.05) is 34.0 Å². The number of hydrogen-bond acceptors (Lipinski definition) is 15. The third-order valence-corrected chi connectivity index (χ3v) is 15.1. The molecule has 508 valence electrons. The summed E-state index contributed by atoms with van der Waals surface area (Å²) in [5.74, 6) is -11.2. The van der Waals surface area contributed by atoms with Gasteiger partial charge in [0.15, 0.2) is 0 Å². The molecule has 96 heavy (non-hydrogen) atoms. The minimum absolute atomic E-state index is 0.0406. The number of aliphatic carboxylic acids is 1. The van der Waals surface area contributed by atoms with Crippen LogP contribution in [-0.4, -0.2) is 86.1 Å². The number of nitrogen functional groups attached to an aromatic ring is 5. The van der Waals surface area contributed by atoms with Crippen molar-refractivity contribution in [1.82, 2.24) is 30.9 Å². The molecular weight excluding hydrogens is 1300 g/mol. The molecule has 1 aliphatic rings. The van der Waals surface area contributed by atoms with Crippen molar-refractivity contribution < 1.29 is 55.9 Å². The molecule has 1 fully saturated rings. The Morgan fingerprint density at radius 2 is 0.885 bits per heavy atom. The van der Waals surface area contributed by atoms with E-state index in [0.717, 1.165) is 55.6 Å². The summed E-state index contributed by atoms with van der Waals surface area (Å²) in [5.41, 5.74) is 37.1. The van der Waals surface area contributed by atoms with Gasteiger partial charge in [-0.15, -0.1) is 0 Å². The monoisotopic (exact) mass is 1380 g/mol. The number of carbonyl (C=O) groups is 5. The summed E-state index contributed by atoms with van der Waals surface area (Å²) in [6.45, 7) is 25.2. The first kappa shape index (κ1) is 76.8. The number of hydrogen-bond donors (Lipinski definition) is 10. The number of aromatic nitrogens is 3. The van der Waals surface area contributed by atoms with Crippen LogP contribution < -0.4 is 55.4 Å². The molecule has 0 spiro atoms. The van der Waals surface area contributed by atoms with Gasteiger partial charge in [-0.2, -0.15) is 17.6 Å². The maximum atomic E-state index is 14.5. The standard InChI is InChI=1S/C24H24F2N4O2.C16H20N4O.C13H20BNO2.C9H12BrN3O.C8H6F2O2/c1-14(2)29-22(31)20-12-16(13-28-21(20)27)19-10-9-18(11-15(19)3)30-23(32)24(25,26)17-7-5-4-6-8-17;1-9(2)20-16(21)14-7-11(8-19-15(14)18)13-5-4-12(17)6-10(13)3;1-9-8-10(15)6-7-11(9)14-16-12(2,3)13(4,5)17-14;1-5(2)13-9(14)7-3-6(10)4-12-8(7)11;9-8(10,7(11)12)6-4-2-1-3-5-6/h4-14H,1-3H3,(H2,27,28)(H,29,31)(H,30,32);4-9H,17H2,1-3H3,(H2,18,19)(H,20,21);6-8H,15H2,1-5H3;3-5H,1-2H3,(H2,11,12)(H,13,14);1-5H,(H,11,12). The number of halogens is 5. The Balaban J connectivity index is 0.000000228. The van der Waals surface area contributed by atoms with Crippen LogP contribution >= 0.6 is 15.9 Å². The number of benzene rings is 5. The summed E-state index contributed by atoms with van der Waals surface area (Å²) < 4.78 is 67.0. The molecule has 4 amide bonds. The van der Waals surface area contributed by atoms with Crippen molar-refractivity contribution in [3.63, 3.8) is 0 Å². The fraction of sp³-hybridized carbons (Fsp3) is 0.286. The van der Waals surface area contributed by atoms with Gasteiger partial charge in [-0.25, -0.2) is 19.7 Å². The predicted octanol–water partition coefficient (Wildman–Crippen LogP) is 12.2. The number of pyridine rings is 3. The van der Waals surface area contributed by atoms with Crippen molar-refractivity contribution >= 4 is 92.6 Å². The number of carboxylic acid groups (broad SMARTS) is 1. The van der Waals surface area contributed by atoms with E-state index in [1.54, 1.807) is 61.8 Å². The van der Waals surface area contributed by atoms with Crippen LogP contribution in [0.1, 0.15) is 128 Å². The molecule has 0 saturated carbocycles. The lowest BCUT2D eigenvalue weighted by Crippen LogP contribution is -2.41. The lowest BCUT2D eigenvalue weighted by Gasteiger charge is -2.32. The highest BCUT2D eigenvalue weighted by Gasteiger charge is 2.52. The molecule has 26 heteroatoms. The molecule has 15 N–H and O–H groups in total. The number of alkyl halides is 4. The van der Waals surface area contributed by atoms with Gasteiger partial charge in [0.25, 0.3) is 23.6 Å². The lowest BCUT2D eigenvalue weighted by atomic mass is 9.76. The van der Waals surface area contributed by atoms with Crippen LogP contribution in [-0.2, 0) is 30.7 Å². The number of nitrogens with one attached hydrogen (secondary N) is 4. The van der Waals surface area contributed by atoms with Crippen LogP contribution in [0.25, 0.3) is 22.3 Å². The Morgan fingerprint density at radius 3 is 1.28 bits per heavy atom. The molecular formula is C70H82BBrF4N12O8. The maximum absolute atomic E-state index is 14.5. The summed E-state index contributed by atoms with van der Waals surface area (Å²) in [6.07, 6.45) is 4.76.